The maximum absolute atomic E-state index is 5.55. The first-order chi connectivity index (χ1) is 6.40. The molecule has 5 heteroatoms. The van der Waals surface area contributed by atoms with E-state index in [0.29, 0.717) is 12.5 Å². The Morgan fingerprint density at radius 1 is 1.54 bits per heavy atom. The molecule has 1 aliphatic heterocycles. The van der Waals surface area contributed by atoms with E-state index in [-0.39, 0.29) is 11.8 Å². The minimum atomic E-state index is 0.278. The predicted molar refractivity (Wildman–Crippen MR) is 46.6 cm³/mol. The number of hydrogen-bond donors (Lipinski definition) is 0. The van der Waals surface area contributed by atoms with Gasteiger partial charge in [-0.25, -0.2) is 0 Å². The van der Waals surface area contributed by atoms with Gasteiger partial charge in [0.05, 0.1) is 6.61 Å². The van der Waals surface area contributed by atoms with Gasteiger partial charge >= 0.3 is 0 Å². The van der Waals surface area contributed by atoms with Crippen molar-refractivity contribution in [2.24, 2.45) is 0 Å². The molecule has 1 aliphatic rings. The van der Waals surface area contributed by atoms with Gasteiger partial charge in [-0.05, 0) is 12.8 Å². The molecule has 1 atom stereocenters. The van der Waals surface area contributed by atoms with Crippen LogP contribution in [0.4, 0.5) is 0 Å². The van der Waals surface area contributed by atoms with Crippen molar-refractivity contribution in [1.82, 2.24) is 10.1 Å². The normalized spacial score (nSPS) is 23.3. The smallest absolute Gasteiger partial charge is 0.241 e. The van der Waals surface area contributed by atoms with E-state index >= 15 is 0 Å². The molecule has 1 aromatic rings. The fourth-order valence-corrected chi connectivity index (χ4v) is 1.54. The molecule has 4 nitrogen and oxygen atoms in total. The maximum atomic E-state index is 5.55. The molecule has 2 rings (SSSR count). The van der Waals surface area contributed by atoms with Crippen LogP contribution in [0.5, 0.6) is 0 Å². The molecule has 0 unspecified atom stereocenters. The molecule has 0 N–H and O–H groups in total. The molecule has 0 bridgehead atoms. The topological polar surface area (TPSA) is 48.2 Å². The Kier molecular flexibility index (Phi) is 2.80. The van der Waals surface area contributed by atoms with Gasteiger partial charge in [-0.15, -0.1) is 11.6 Å². The Hall–Kier alpha value is -0.610. The molecule has 0 spiro atoms. The second-order valence-electron chi connectivity index (χ2n) is 3.09. The summed E-state index contributed by atoms with van der Waals surface area (Å²) in [6, 6.07) is 0. The van der Waals surface area contributed by atoms with E-state index in [9.17, 15) is 0 Å². The lowest BCUT2D eigenvalue weighted by Gasteiger charge is -2.18. The summed E-state index contributed by atoms with van der Waals surface area (Å²) >= 11 is 5.55. The van der Waals surface area contributed by atoms with Gasteiger partial charge in [0, 0.05) is 12.5 Å². The van der Waals surface area contributed by atoms with Crippen LogP contribution in [-0.2, 0) is 10.6 Å². The van der Waals surface area contributed by atoms with Crippen molar-refractivity contribution in [3.05, 3.63) is 11.7 Å². The Balaban J connectivity index is 2.05. The molecule has 1 saturated heterocycles. The van der Waals surface area contributed by atoms with E-state index in [1.165, 1.54) is 0 Å². The summed E-state index contributed by atoms with van der Waals surface area (Å²) in [5.41, 5.74) is 0. The second-order valence-corrected chi connectivity index (χ2v) is 3.36. The van der Waals surface area contributed by atoms with Crippen LogP contribution in [0.3, 0.4) is 0 Å². The number of alkyl halides is 1. The summed E-state index contributed by atoms with van der Waals surface area (Å²) in [5.74, 6) is 1.78. The number of hydrogen-bond acceptors (Lipinski definition) is 4. The van der Waals surface area contributed by atoms with Gasteiger partial charge in [0.15, 0.2) is 5.82 Å². The van der Waals surface area contributed by atoms with Crippen LogP contribution in [0, 0.1) is 0 Å². The summed E-state index contributed by atoms with van der Waals surface area (Å²) in [5, 5.41) is 3.86. The summed E-state index contributed by atoms with van der Waals surface area (Å²) in [6.45, 7) is 1.54. The largest absolute Gasteiger partial charge is 0.381 e. The molecule has 0 aliphatic carbocycles. The highest BCUT2D eigenvalue weighted by atomic mass is 35.5. The number of aromatic nitrogens is 2. The number of ether oxygens (including phenoxy) is 1. The first-order valence-electron chi connectivity index (χ1n) is 4.36. The van der Waals surface area contributed by atoms with E-state index in [1.54, 1.807) is 0 Å². The van der Waals surface area contributed by atoms with Gasteiger partial charge in [0.1, 0.15) is 5.88 Å². The Morgan fingerprint density at radius 3 is 3.08 bits per heavy atom. The standard InChI is InChI=1S/C8H11ClN2O2/c9-4-7-10-8(11-13-7)6-2-1-3-12-5-6/h6H,1-5H2/t6-/m0/s1. The van der Waals surface area contributed by atoms with Crippen LogP contribution in [0.2, 0.25) is 0 Å². The fourth-order valence-electron chi connectivity index (χ4n) is 1.43. The molecule has 0 amide bonds. The molecule has 13 heavy (non-hydrogen) atoms. The van der Waals surface area contributed by atoms with Crippen molar-refractivity contribution >= 4 is 11.6 Å². The van der Waals surface area contributed by atoms with Crippen molar-refractivity contribution in [2.75, 3.05) is 13.2 Å². The van der Waals surface area contributed by atoms with Crippen LogP contribution in [0.25, 0.3) is 0 Å². The van der Waals surface area contributed by atoms with Crippen LogP contribution in [0.1, 0.15) is 30.5 Å². The minimum Gasteiger partial charge on any atom is -0.381 e. The molecule has 72 valence electrons. The molecular weight excluding hydrogens is 192 g/mol. The third kappa shape index (κ3) is 2.00. The van der Waals surface area contributed by atoms with Gasteiger partial charge in [0.2, 0.25) is 5.89 Å². The molecule has 0 radical (unpaired) electrons. The summed E-state index contributed by atoms with van der Waals surface area (Å²) in [7, 11) is 0. The average Bonchev–Trinajstić information content (AvgIpc) is 2.67. The van der Waals surface area contributed by atoms with Crippen LogP contribution in [0.15, 0.2) is 4.52 Å². The molecule has 1 aromatic heterocycles. The quantitative estimate of drug-likeness (QED) is 0.685. The highest BCUT2D eigenvalue weighted by molar-refractivity contribution is 6.16. The summed E-state index contributed by atoms with van der Waals surface area (Å²) in [6.07, 6.45) is 2.14. The van der Waals surface area contributed by atoms with Crippen molar-refractivity contribution < 1.29 is 9.26 Å². The van der Waals surface area contributed by atoms with Gasteiger partial charge in [0.25, 0.3) is 0 Å². The first kappa shape index (κ1) is 8.97. The van der Waals surface area contributed by atoms with Gasteiger partial charge in [-0.2, -0.15) is 4.98 Å². The number of halogens is 1. The zero-order chi connectivity index (χ0) is 9.10. The Morgan fingerprint density at radius 2 is 2.46 bits per heavy atom. The monoisotopic (exact) mass is 202 g/mol. The van der Waals surface area contributed by atoms with E-state index in [2.05, 4.69) is 10.1 Å². The summed E-state index contributed by atoms with van der Waals surface area (Å²) in [4.78, 5) is 4.16. The second kappa shape index (κ2) is 4.07. The lowest BCUT2D eigenvalue weighted by atomic mass is 10.0. The van der Waals surface area contributed by atoms with Gasteiger partial charge in [-0.3, -0.25) is 0 Å². The van der Waals surface area contributed by atoms with E-state index in [4.69, 9.17) is 20.9 Å². The van der Waals surface area contributed by atoms with Crippen molar-refractivity contribution in [2.45, 2.75) is 24.6 Å². The third-order valence-corrected chi connectivity index (χ3v) is 2.35. The highest BCUT2D eigenvalue weighted by Gasteiger charge is 2.21. The van der Waals surface area contributed by atoms with E-state index in [0.717, 1.165) is 25.3 Å². The maximum Gasteiger partial charge on any atom is 0.241 e. The molecule has 0 saturated carbocycles. The van der Waals surface area contributed by atoms with Crippen molar-refractivity contribution in [3.8, 4) is 0 Å². The van der Waals surface area contributed by atoms with Gasteiger partial charge in [-0.1, -0.05) is 5.16 Å². The average molecular weight is 203 g/mol. The number of nitrogens with zero attached hydrogens (tertiary/aromatic N) is 2. The van der Waals surface area contributed by atoms with Crippen LogP contribution < -0.4 is 0 Å². The van der Waals surface area contributed by atoms with E-state index in [1.807, 2.05) is 0 Å². The molecule has 0 aromatic carbocycles. The predicted octanol–water partition coefficient (Wildman–Crippen LogP) is 1.70. The van der Waals surface area contributed by atoms with Gasteiger partial charge < -0.3 is 9.26 Å². The minimum absolute atomic E-state index is 0.278. The summed E-state index contributed by atoms with van der Waals surface area (Å²) < 4.78 is 10.2. The SMILES string of the molecule is ClCc1nc([C@H]2CCCOC2)no1. The Labute approximate surface area is 81.2 Å². The fraction of sp³-hybridized carbons (Fsp3) is 0.750. The zero-order valence-electron chi connectivity index (χ0n) is 7.20. The van der Waals surface area contributed by atoms with Crippen molar-refractivity contribution in [3.63, 3.8) is 0 Å². The molecular formula is C8H11ClN2O2. The highest BCUT2D eigenvalue weighted by Crippen LogP contribution is 2.22. The third-order valence-electron chi connectivity index (χ3n) is 2.12. The van der Waals surface area contributed by atoms with E-state index < -0.39 is 0 Å². The molecule has 1 fully saturated rings. The number of rotatable bonds is 2. The Bertz CT molecular complexity index is 271. The van der Waals surface area contributed by atoms with Crippen LogP contribution in [-0.4, -0.2) is 23.4 Å². The lowest BCUT2D eigenvalue weighted by molar-refractivity contribution is 0.0773. The molecule has 2 heterocycles. The lowest BCUT2D eigenvalue weighted by Crippen LogP contribution is -2.16. The zero-order valence-corrected chi connectivity index (χ0v) is 7.96. The van der Waals surface area contributed by atoms with Crippen LogP contribution >= 0.6 is 11.6 Å². The van der Waals surface area contributed by atoms with Crippen molar-refractivity contribution in [1.29, 1.82) is 0 Å². The first-order valence-corrected chi connectivity index (χ1v) is 4.90.